The van der Waals surface area contributed by atoms with E-state index in [9.17, 15) is 13.2 Å². The topological polar surface area (TPSA) is 114 Å². The van der Waals surface area contributed by atoms with Gasteiger partial charge in [-0.3, -0.25) is 4.79 Å². The van der Waals surface area contributed by atoms with Gasteiger partial charge in [-0.1, -0.05) is 57.5 Å². The minimum absolute atomic E-state index is 0.162. The lowest BCUT2D eigenvalue weighted by molar-refractivity contribution is 0.309. The molecule has 5 rings (SSSR count). The van der Waals surface area contributed by atoms with Crippen molar-refractivity contribution < 1.29 is 8.42 Å². The van der Waals surface area contributed by atoms with Crippen molar-refractivity contribution in [3.8, 4) is 0 Å². The number of hydrogen-bond donors (Lipinski definition) is 1. The number of hydrogen-bond acceptors (Lipinski definition) is 6. The summed E-state index contributed by atoms with van der Waals surface area (Å²) in [5, 5.41) is 8.14. The molecule has 1 unspecified atom stereocenters. The van der Waals surface area contributed by atoms with Crippen molar-refractivity contribution in [2.75, 3.05) is 13.1 Å². The predicted octanol–water partition coefficient (Wildman–Crippen LogP) is 2.89. The van der Waals surface area contributed by atoms with Crippen LogP contribution in [-0.4, -0.2) is 50.8 Å². The molecule has 1 saturated heterocycles. The molecule has 0 amide bonds. The minimum atomic E-state index is -3.62. The number of sulfonamides is 1. The fraction of sp³-hybridized carbons (Fsp3) is 0.273. The molecule has 1 fully saturated rings. The van der Waals surface area contributed by atoms with Crippen LogP contribution in [0.3, 0.4) is 0 Å². The first kappa shape index (κ1) is 21.9. The van der Waals surface area contributed by atoms with Crippen LogP contribution in [0, 0.1) is 0 Å². The van der Waals surface area contributed by atoms with Gasteiger partial charge in [0.15, 0.2) is 11.2 Å². The molecule has 0 spiro atoms. The van der Waals surface area contributed by atoms with Gasteiger partial charge >= 0.3 is 0 Å². The zero-order chi connectivity index (χ0) is 23.0. The Bertz CT molecular complexity index is 1470. The summed E-state index contributed by atoms with van der Waals surface area (Å²) in [6, 6.07) is 16.1. The minimum Gasteiger partial charge on any atom is -0.308 e. The van der Waals surface area contributed by atoms with E-state index in [1.54, 1.807) is 35.0 Å². The highest BCUT2D eigenvalue weighted by Gasteiger charge is 2.32. The first-order chi connectivity index (χ1) is 15.9. The lowest BCUT2D eigenvalue weighted by Gasteiger charge is -2.31. The first-order valence-electron chi connectivity index (χ1n) is 10.6. The molecule has 0 radical (unpaired) electrons. The number of benzene rings is 2. The van der Waals surface area contributed by atoms with E-state index >= 15 is 0 Å². The zero-order valence-electron chi connectivity index (χ0n) is 17.6. The molecule has 1 aliphatic heterocycles. The molecule has 11 heteroatoms. The maximum atomic E-state index is 13.1. The van der Waals surface area contributed by atoms with Crippen LogP contribution in [0.2, 0.25) is 0 Å². The third-order valence-corrected chi connectivity index (χ3v) is 8.47. The van der Waals surface area contributed by atoms with Gasteiger partial charge in [0.1, 0.15) is 5.82 Å². The molecule has 0 saturated carbocycles. The first-order valence-corrected chi connectivity index (χ1v) is 12.8. The summed E-state index contributed by atoms with van der Waals surface area (Å²) in [5.41, 5.74) is 1.14. The van der Waals surface area contributed by atoms with Crippen molar-refractivity contribution in [3.63, 3.8) is 0 Å². The lowest BCUT2D eigenvalue weighted by Crippen LogP contribution is -2.39. The van der Waals surface area contributed by atoms with Gasteiger partial charge in [-0.05, 0) is 36.6 Å². The Balaban J connectivity index is 1.47. The molecular weight excluding hydrogens is 508 g/mol. The van der Waals surface area contributed by atoms with Gasteiger partial charge in [-0.15, -0.1) is 5.10 Å². The second-order valence-corrected chi connectivity index (χ2v) is 10.8. The Morgan fingerprint density at radius 3 is 2.64 bits per heavy atom. The van der Waals surface area contributed by atoms with Crippen LogP contribution in [0.1, 0.15) is 30.1 Å². The Labute approximate surface area is 198 Å². The van der Waals surface area contributed by atoms with Crippen molar-refractivity contribution in [3.05, 3.63) is 80.8 Å². The normalized spacial score (nSPS) is 17.4. The van der Waals surface area contributed by atoms with Gasteiger partial charge in [0.25, 0.3) is 5.56 Å². The van der Waals surface area contributed by atoms with E-state index in [-0.39, 0.29) is 28.4 Å². The Hall–Kier alpha value is -2.89. The van der Waals surface area contributed by atoms with E-state index in [1.807, 2.05) is 24.3 Å². The molecule has 0 aliphatic carbocycles. The van der Waals surface area contributed by atoms with Crippen molar-refractivity contribution in [1.29, 1.82) is 0 Å². The van der Waals surface area contributed by atoms with Crippen molar-refractivity contribution >= 4 is 37.1 Å². The van der Waals surface area contributed by atoms with Gasteiger partial charge in [0, 0.05) is 23.5 Å². The van der Waals surface area contributed by atoms with Crippen LogP contribution in [0.25, 0.3) is 11.2 Å². The summed E-state index contributed by atoms with van der Waals surface area (Å²) in [6.07, 6.45) is 1.40. The Kier molecular flexibility index (Phi) is 5.85. The highest BCUT2D eigenvalue weighted by atomic mass is 79.9. The average molecular weight is 529 g/mol. The summed E-state index contributed by atoms with van der Waals surface area (Å²) in [6.45, 7) is 1.08. The summed E-state index contributed by atoms with van der Waals surface area (Å²) in [7, 11) is -3.62. The average Bonchev–Trinajstić information content (AvgIpc) is 3.24. The van der Waals surface area contributed by atoms with Crippen LogP contribution >= 0.6 is 15.9 Å². The number of H-pyrrole nitrogens is 1. The molecule has 1 atom stereocenters. The van der Waals surface area contributed by atoms with Crippen LogP contribution in [0.15, 0.2) is 68.8 Å². The molecule has 170 valence electrons. The maximum absolute atomic E-state index is 13.1. The molecule has 0 bridgehead atoms. The smallest absolute Gasteiger partial charge is 0.281 e. The number of nitrogens with zero attached hydrogens (tertiary/aromatic N) is 5. The number of rotatable bonds is 5. The highest BCUT2D eigenvalue weighted by molar-refractivity contribution is 9.10. The number of nitrogens with one attached hydrogen (secondary N) is 1. The van der Waals surface area contributed by atoms with E-state index in [0.717, 1.165) is 16.5 Å². The fourth-order valence-corrected chi connectivity index (χ4v) is 6.05. The monoisotopic (exact) mass is 528 g/mol. The van der Waals surface area contributed by atoms with Crippen molar-refractivity contribution in [2.24, 2.45) is 0 Å². The van der Waals surface area contributed by atoms with Crippen molar-refractivity contribution in [2.45, 2.75) is 30.2 Å². The van der Waals surface area contributed by atoms with E-state index in [4.69, 9.17) is 0 Å². The number of aromatic nitrogens is 5. The molecule has 33 heavy (non-hydrogen) atoms. The van der Waals surface area contributed by atoms with Gasteiger partial charge in [0.2, 0.25) is 10.0 Å². The molecule has 1 aliphatic rings. The largest absolute Gasteiger partial charge is 0.308 e. The molecular formula is C22H21BrN6O3S. The molecule has 2 aromatic heterocycles. The second kappa shape index (κ2) is 8.81. The van der Waals surface area contributed by atoms with E-state index in [2.05, 4.69) is 36.2 Å². The molecule has 4 aromatic rings. The second-order valence-electron chi connectivity index (χ2n) is 7.98. The van der Waals surface area contributed by atoms with E-state index in [0.29, 0.717) is 31.0 Å². The Morgan fingerprint density at radius 1 is 1.09 bits per heavy atom. The summed E-state index contributed by atoms with van der Waals surface area (Å²) in [4.78, 5) is 20.5. The zero-order valence-corrected chi connectivity index (χ0v) is 20.0. The SMILES string of the molecule is O=c1[nH]c(C2CCCN(S(=O)(=O)c3ccccc3)C2)nc2c1nnn2Cc1ccccc1Br. The number of fused-ring (bicyclic) bond motifs is 1. The van der Waals surface area contributed by atoms with Crippen LogP contribution < -0.4 is 5.56 Å². The summed E-state index contributed by atoms with van der Waals surface area (Å²) < 4.78 is 30.2. The summed E-state index contributed by atoms with van der Waals surface area (Å²) in [5.74, 6) is 0.220. The lowest BCUT2D eigenvalue weighted by atomic mass is 9.99. The third-order valence-electron chi connectivity index (χ3n) is 5.82. The quantitative estimate of drug-likeness (QED) is 0.426. The number of aromatic amines is 1. The Morgan fingerprint density at radius 2 is 1.85 bits per heavy atom. The van der Waals surface area contributed by atoms with Crippen molar-refractivity contribution in [1.82, 2.24) is 29.3 Å². The predicted molar refractivity (Wildman–Crippen MR) is 126 cm³/mol. The van der Waals surface area contributed by atoms with Crippen LogP contribution in [0.5, 0.6) is 0 Å². The van der Waals surface area contributed by atoms with Gasteiger partial charge < -0.3 is 4.98 Å². The molecule has 1 N–H and O–H groups in total. The van der Waals surface area contributed by atoms with Crippen LogP contribution in [-0.2, 0) is 16.6 Å². The van der Waals surface area contributed by atoms with E-state index < -0.39 is 10.0 Å². The molecule has 9 nitrogen and oxygen atoms in total. The summed E-state index contributed by atoms with van der Waals surface area (Å²) >= 11 is 3.53. The molecule has 2 aromatic carbocycles. The maximum Gasteiger partial charge on any atom is 0.281 e. The fourth-order valence-electron chi connectivity index (χ4n) is 4.10. The van der Waals surface area contributed by atoms with Gasteiger partial charge in [0.05, 0.1) is 11.4 Å². The highest BCUT2D eigenvalue weighted by Crippen LogP contribution is 2.29. The number of piperidine rings is 1. The standard InChI is InChI=1S/C22H21BrN6O3S/c23-18-11-5-4-7-15(18)14-29-21-19(26-27-29)22(30)25-20(24-21)16-8-6-12-28(13-16)33(31,32)17-9-2-1-3-10-17/h1-5,7,9-11,16H,6,8,12-14H2,(H,24,25,30). The third kappa shape index (κ3) is 4.23. The number of halogens is 1. The van der Waals surface area contributed by atoms with Gasteiger partial charge in [-0.25, -0.2) is 18.1 Å². The van der Waals surface area contributed by atoms with E-state index in [1.165, 1.54) is 4.31 Å². The van der Waals surface area contributed by atoms with Gasteiger partial charge in [-0.2, -0.15) is 4.31 Å². The molecule has 3 heterocycles. The van der Waals surface area contributed by atoms with Crippen LogP contribution in [0.4, 0.5) is 0 Å².